The molecule has 0 aromatic heterocycles. The van der Waals surface area contributed by atoms with Crippen LogP contribution in [0.5, 0.6) is 0 Å². The highest BCUT2D eigenvalue weighted by atomic mass is 32.2. The molecule has 0 amide bonds. The van der Waals surface area contributed by atoms with E-state index >= 15 is 0 Å². The van der Waals surface area contributed by atoms with Crippen molar-refractivity contribution in [3.05, 3.63) is 71.8 Å². The van der Waals surface area contributed by atoms with Gasteiger partial charge in [0, 0.05) is 5.75 Å². The molecule has 0 N–H and O–H groups in total. The largest absolute Gasteiger partial charge is 0.468 e. The van der Waals surface area contributed by atoms with E-state index in [4.69, 9.17) is 4.74 Å². The summed E-state index contributed by atoms with van der Waals surface area (Å²) in [5.41, 5.74) is 2.19. The zero-order valence-corrected chi connectivity index (χ0v) is 11.6. The molecule has 0 radical (unpaired) electrons. The summed E-state index contributed by atoms with van der Waals surface area (Å²) in [6, 6.07) is 19.9. The van der Waals surface area contributed by atoms with Crippen molar-refractivity contribution < 1.29 is 9.53 Å². The first-order valence-corrected chi connectivity index (χ1v) is 7.14. The highest BCUT2D eigenvalue weighted by Crippen LogP contribution is 2.32. The first kappa shape index (κ1) is 13.7. The summed E-state index contributed by atoms with van der Waals surface area (Å²) in [6.07, 6.45) is 0. The first-order chi connectivity index (χ1) is 9.31. The molecule has 0 bridgehead atoms. The maximum atomic E-state index is 11.9. The van der Waals surface area contributed by atoms with Crippen LogP contribution in [0.3, 0.4) is 0 Å². The molecule has 0 saturated carbocycles. The summed E-state index contributed by atoms with van der Waals surface area (Å²) < 4.78 is 4.90. The summed E-state index contributed by atoms with van der Waals surface area (Å²) in [7, 11) is 1.43. The Morgan fingerprint density at radius 3 is 2.21 bits per heavy atom. The quantitative estimate of drug-likeness (QED) is 0.774. The van der Waals surface area contributed by atoms with Gasteiger partial charge in [-0.15, -0.1) is 11.8 Å². The molecule has 98 valence electrons. The second kappa shape index (κ2) is 7.00. The minimum absolute atomic E-state index is 0.202. The third kappa shape index (κ3) is 3.86. The lowest BCUT2D eigenvalue weighted by Crippen LogP contribution is -2.11. The van der Waals surface area contributed by atoms with Crippen LogP contribution in [0.15, 0.2) is 60.7 Å². The van der Waals surface area contributed by atoms with Crippen molar-refractivity contribution in [1.82, 2.24) is 0 Å². The monoisotopic (exact) mass is 272 g/mol. The molecular formula is C16H16O2S. The van der Waals surface area contributed by atoms with Crippen LogP contribution in [0, 0.1) is 0 Å². The zero-order chi connectivity index (χ0) is 13.5. The molecule has 0 spiro atoms. The van der Waals surface area contributed by atoms with Crippen molar-refractivity contribution in [3.8, 4) is 0 Å². The van der Waals surface area contributed by atoms with E-state index < -0.39 is 0 Å². The van der Waals surface area contributed by atoms with E-state index in [-0.39, 0.29) is 11.2 Å². The molecule has 3 heteroatoms. The van der Waals surface area contributed by atoms with Gasteiger partial charge in [-0.2, -0.15) is 0 Å². The fourth-order valence-corrected chi connectivity index (χ4v) is 2.92. The van der Waals surface area contributed by atoms with Crippen molar-refractivity contribution in [1.29, 1.82) is 0 Å². The number of thioether (sulfide) groups is 1. The van der Waals surface area contributed by atoms with Gasteiger partial charge in [0.15, 0.2) is 0 Å². The summed E-state index contributed by atoms with van der Waals surface area (Å²) in [4.78, 5) is 11.9. The SMILES string of the molecule is COC(=O)[C@H](SCc1ccccc1)c1ccccc1. The summed E-state index contributed by atoms with van der Waals surface area (Å²) in [5.74, 6) is 0.585. The molecule has 0 aliphatic carbocycles. The summed E-state index contributed by atoms with van der Waals surface area (Å²) in [5, 5.41) is -0.272. The average Bonchev–Trinajstić information content (AvgIpc) is 2.49. The predicted octanol–water partition coefficient (Wildman–Crippen LogP) is 3.83. The van der Waals surface area contributed by atoms with Crippen molar-refractivity contribution in [2.24, 2.45) is 0 Å². The topological polar surface area (TPSA) is 26.3 Å². The number of benzene rings is 2. The highest BCUT2D eigenvalue weighted by molar-refractivity contribution is 7.99. The van der Waals surface area contributed by atoms with Crippen LogP contribution in [0.25, 0.3) is 0 Å². The number of hydrogen-bond acceptors (Lipinski definition) is 3. The van der Waals surface area contributed by atoms with E-state index in [0.29, 0.717) is 0 Å². The number of rotatable bonds is 5. The van der Waals surface area contributed by atoms with Gasteiger partial charge >= 0.3 is 5.97 Å². The van der Waals surface area contributed by atoms with Crippen molar-refractivity contribution in [3.63, 3.8) is 0 Å². The Hall–Kier alpha value is -1.74. The molecule has 2 aromatic rings. The average molecular weight is 272 g/mol. The lowest BCUT2D eigenvalue weighted by atomic mass is 10.1. The maximum Gasteiger partial charge on any atom is 0.323 e. The fourth-order valence-electron chi connectivity index (χ4n) is 1.79. The van der Waals surface area contributed by atoms with Crippen LogP contribution >= 0.6 is 11.8 Å². The van der Waals surface area contributed by atoms with E-state index in [1.54, 1.807) is 11.8 Å². The van der Waals surface area contributed by atoms with Crippen LogP contribution in [0.4, 0.5) is 0 Å². The molecule has 2 rings (SSSR count). The van der Waals surface area contributed by atoms with Gasteiger partial charge in [-0.3, -0.25) is 4.79 Å². The molecule has 0 heterocycles. The number of carbonyl (C=O) groups excluding carboxylic acids is 1. The molecule has 0 fully saturated rings. The predicted molar refractivity (Wildman–Crippen MR) is 78.9 cm³/mol. The molecule has 2 aromatic carbocycles. The Kier molecular flexibility index (Phi) is 5.04. The van der Waals surface area contributed by atoms with Gasteiger partial charge in [-0.05, 0) is 11.1 Å². The van der Waals surface area contributed by atoms with E-state index in [9.17, 15) is 4.79 Å². The lowest BCUT2D eigenvalue weighted by Gasteiger charge is -2.14. The zero-order valence-electron chi connectivity index (χ0n) is 10.8. The maximum absolute atomic E-state index is 11.9. The Labute approximate surface area is 117 Å². The van der Waals surface area contributed by atoms with Gasteiger partial charge in [-0.1, -0.05) is 60.7 Å². The third-order valence-corrected chi connectivity index (χ3v) is 4.08. The second-order valence-electron chi connectivity index (χ2n) is 4.11. The molecule has 0 aliphatic rings. The normalized spacial score (nSPS) is 11.8. The number of hydrogen-bond donors (Lipinski definition) is 0. The number of carbonyl (C=O) groups is 1. The van der Waals surface area contributed by atoms with Gasteiger partial charge < -0.3 is 4.74 Å². The minimum atomic E-state index is -0.272. The number of ether oxygens (including phenoxy) is 1. The molecule has 1 atom stereocenters. The lowest BCUT2D eigenvalue weighted by molar-refractivity contribution is -0.140. The fraction of sp³-hybridized carbons (Fsp3) is 0.188. The van der Waals surface area contributed by atoms with Crippen molar-refractivity contribution in [2.75, 3.05) is 7.11 Å². The summed E-state index contributed by atoms with van der Waals surface area (Å²) in [6.45, 7) is 0. The van der Waals surface area contributed by atoms with Crippen molar-refractivity contribution >= 4 is 17.7 Å². The standard InChI is InChI=1S/C16H16O2S/c1-18-16(17)15(14-10-6-3-7-11-14)19-12-13-8-4-2-5-9-13/h2-11,15H,12H2,1H3/t15-/m1/s1. The van der Waals surface area contributed by atoms with Crippen LogP contribution in [-0.2, 0) is 15.3 Å². The Balaban J connectivity index is 2.09. The van der Waals surface area contributed by atoms with Gasteiger partial charge in [0.25, 0.3) is 0 Å². The van der Waals surface area contributed by atoms with E-state index in [1.165, 1.54) is 12.7 Å². The number of esters is 1. The van der Waals surface area contributed by atoms with Gasteiger partial charge in [-0.25, -0.2) is 0 Å². The molecule has 19 heavy (non-hydrogen) atoms. The van der Waals surface area contributed by atoms with Gasteiger partial charge in [0.1, 0.15) is 5.25 Å². The molecule has 0 saturated heterocycles. The molecule has 2 nitrogen and oxygen atoms in total. The van der Waals surface area contributed by atoms with Crippen LogP contribution in [0.2, 0.25) is 0 Å². The van der Waals surface area contributed by atoms with E-state index in [1.807, 2.05) is 48.5 Å². The Morgan fingerprint density at radius 2 is 1.63 bits per heavy atom. The second-order valence-corrected chi connectivity index (χ2v) is 5.20. The summed E-state index contributed by atoms with van der Waals surface area (Å²) >= 11 is 1.59. The van der Waals surface area contributed by atoms with Crippen molar-refractivity contribution in [2.45, 2.75) is 11.0 Å². The van der Waals surface area contributed by atoms with Crippen LogP contribution in [-0.4, -0.2) is 13.1 Å². The minimum Gasteiger partial charge on any atom is -0.468 e. The molecule has 0 aliphatic heterocycles. The molecular weight excluding hydrogens is 256 g/mol. The highest BCUT2D eigenvalue weighted by Gasteiger charge is 2.21. The van der Waals surface area contributed by atoms with Crippen LogP contribution < -0.4 is 0 Å². The smallest absolute Gasteiger partial charge is 0.323 e. The van der Waals surface area contributed by atoms with E-state index in [2.05, 4.69) is 12.1 Å². The van der Waals surface area contributed by atoms with Gasteiger partial charge in [0.05, 0.1) is 7.11 Å². The third-order valence-electron chi connectivity index (χ3n) is 2.78. The Morgan fingerprint density at radius 1 is 1.05 bits per heavy atom. The van der Waals surface area contributed by atoms with Gasteiger partial charge in [0.2, 0.25) is 0 Å². The molecule has 0 unspecified atom stereocenters. The number of methoxy groups -OCH3 is 1. The first-order valence-electron chi connectivity index (χ1n) is 6.09. The van der Waals surface area contributed by atoms with Crippen LogP contribution in [0.1, 0.15) is 16.4 Å². The van der Waals surface area contributed by atoms with E-state index in [0.717, 1.165) is 11.3 Å². The Bertz CT molecular complexity index is 511.